The summed E-state index contributed by atoms with van der Waals surface area (Å²) in [6.45, 7) is 1.61. The van der Waals surface area contributed by atoms with Crippen LogP contribution in [0.3, 0.4) is 0 Å². The van der Waals surface area contributed by atoms with Crippen LogP contribution in [0.2, 0.25) is 0 Å². The minimum atomic E-state index is -1.35. The summed E-state index contributed by atoms with van der Waals surface area (Å²) in [7, 11) is 0. The van der Waals surface area contributed by atoms with E-state index in [2.05, 4.69) is 0 Å². The van der Waals surface area contributed by atoms with Gasteiger partial charge in [-0.15, -0.1) is 0 Å². The highest BCUT2D eigenvalue weighted by Gasteiger charge is 2.56. The molecule has 3 aliphatic carbocycles. The van der Waals surface area contributed by atoms with E-state index < -0.39 is 47.2 Å². The lowest BCUT2D eigenvalue weighted by molar-refractivity contribution is -0.123. The number of phenolic OH excluding ortho intramolecular Hbond substituents is 1. The van der Waals surface area contributed by atoms with Crippen molar-refractivity contribution in [3.8, 4) is 11.5 Å². The molecule has 9 heteroatoms. The Morgan fingerprint density at radius 3 is 2.35 bits per heavy atom. The Morgan fingerprint density at radius 2 is 1.63 bits per heavy atom. The van der Waals surface area contributed by atoms with Crippen LogP contribution in [0.5, 0.6) is 11.5 Å². The number of hydrogen-bond donors (Lipinski definition) is 3. The number of anilines is 1. The number of carbonyl (C=O) groups excluding carboxylic acids is 4. The number of aromatic hydroxyl groups is 2. The first kappa shape index (κ1) is 26.6. The zero-order chi connectivity index (χ0) is 30.3. The van der Waals surface area contributed by atoms with E-state index in [0.29, 0.717) is 33.1 Å². The minimum Gasteiger partial charge on any atom is -0.507 e. The maximum atomic E-state index is 14.1. The van der Waals surface area contributed by atoms with Crippen molar-refractivity contribution >= 4 is 45.8 Å². The van der Waals surface area contributed by atoms with E-state index in [4.69, 9.17) is 0 Å². The molecule has 0 aromatic heterocycles. The van der Waals surface area contributed by atoms with Crippen molar-refractivity contribution in [2.75, 3.05) is 4.90 Å². The first-order chi connectivity index (χ1) is 20.6. The molecule has 2 amide bonds. The van der Waals surface area contributed by atoms with Gasteiger partial charge in [0.25, 0.3) is 0 Å². The molecule has 1 heterocycles. The Bertz CT molecular complexity index is 1950. The van der Waals surface area contributed by atoms with Gasteiger partial charge in [0.1, 0.15) is 17.1 Å². The third-order valence-corrected chi connectivity index (χ3v) is 9.28. The Labute approximate surface area is 245 Å². The van der Waals surface area contributed by atoms with Gasteiger partial charge in [0.05, 0.1) is 17.5 Å². The smallest absolute Gasteiger partial charge is 0.339 e. The minimum absolute atomic E-state index is 0.0627. The van der Waals surface area contributed by atoms with Gasteiger partial charge in [-0.2, -0.15) is 0 Å². The Balaban J connectivity index is 1.38. The van der Waals surface area contributed by atoms with Gasteiger partial charge in [0.15, 0.2) is 11.6 Å². The van der Waals surface area contributed by atoms with Gasteiger partial charge in [0.2, 0.25) is 11.8 Å². The monoisotopic (exact) mass is 575 g/mol. The second-order valence-corrected chi connectivity index (χ2v) is 11.5. The molecule has 1 fully saturated rings. The van der Waals surface area contributed by atoms with Crippen molar-refractivity contribution in [3.63, 3.8) is 0 Å². The third kappa shape index (κ3) is 3.74. The second kappa shape index (κ2) is 9.35. The molecule has 214 valence electrons. The lowest BCUT2D eigenvalue weighted by atomic mass is 9.59. The molecule has 0 radical (unpaired) electrons. The summed E-state index contributed by atoms with van der Waals surface area (Å²) in [5, 5.41) is 31.4. The highest BCUT2D eigenvalue weighted by Crippen LogP contribution is 2.56. The number of allylic oxidation sites excluding steroid dienone is 6. The van der Waals surface area contributed by atoms with Crippen molar-refractivity contribution in [2.24, 2.45) is 17.8 Å². The molecule has 0 unspecified atom stereocenters. The molecule has 0 bridgehead atoms. The SMILES string of the molecule is CC1=CC(=O)C2=C(C1=O)[C@@H](c1ccc(O)c3ccccc13)C1=CC[C@@H]3C(=O)N(c4ccc(C(=O)O)c(O)c4)C(=O)[C@@H]3[C@@H]1C2. The van der Waals surface area contributed by atoms with Gasteiger partial charge in [-0.3, -0.25) is 19.2 Å². The third-order valence-electron chi connectivity index (χ3n) is 9.28. The summed E-state index contributed by atoms with van der Waals surface area (Å²) < 4.78 is 0. The van der Waals surface area contributed by atoms with Crippen LogP contribution in [0.1, 0.15) is 41.6 Å². The number of benzene rings is 3. The number of carboxylic acid groups (broad SMARTS) is 1. The van der Waals surface area contributed by atoms with Crippen molar-refractivity contribution in [2.45, 2.75) is 25.7 Å². The Hall–Kier alpha value is -5.31. The zero-order valence-corrected chi connectivity index (χ0v) is 22.9. The molecule has 7 rings (SSSR count). The van der Waals surface area contributed by atoms with Crippen LogP contribution in [-0.4, -0.2) is 44.7 Å². The summed E-state index contributed by atoms with van der Waals surface area (Å²) in [6.07, 6.45) is 3.57. The van der Waals surface area contributed by atoms with Gasteiger partial charge in [-0.05, 0) is 60.9 Å². The molecule has 3 aromatic rings. The van der Waals surface area contributed by atoms with E-state index in [0.717, 1.165) is 22.6 Å². The standard InChI is InChI=1S/C34H25NO8/c1-15-12-26(37)24-14-23-20(28(30(24)31(15)39)19-10-11-25(36)18-5-3-2-4-17(18)19)8-9-22-29(23)33(41)35(32(22)40)16-6-7-21(34(42)43)27(38)13-16/h2-8,10-13,22-23,28-29,36,38H,9,14H2,1H3,(H,42,43)/t22-,23+,28-,29-/m0/s1. The molecule has 0 saturated carbocycles. The largest absolute Gasteiger partial charge is 0.507 e. The summed E-state index contributed by atoms with van der Waals surface area (Å²) in [4.78, 5) is 67.2. The molecule has 3 N–H and O–H groups in total. The van der Waals surface area contributed by atoms with Crippen LogP contribution in [-0.2, 0) is 19.2 Å². The number of phenols is 2. The van der Waals surface area contributed by atoms with Gasteiger partial charge < -0.3 is 15.3 Å². The Kier molecular flexibility index (Phi) is 5.78. The van der Waals surface area contributed by atoms with Gasteiger partial charge in [0, 0.05) is 34.1 Å². The summed E-state index contributed by atoms with van der Waals surface area (Å²) in [5.41, 5.74) is 2.21. The number of amides is 2. The molecule has 1 aliphatic heterocycles. The van der Waals surface area contributed by atoms with E-state index >= 15 is 0 Å². The quantitative estimate of drug-likeness (QED) is 0.233. The van der Waals surface area contributed by atoms with Crippen LogP contribution >= 0.6 is 0 Å². The molecular formula is C34H25NO8. The lowest BCUT2D eigenvalue weighted by Crippen LogP contribution is -2.39. The molecule has 3 aromatic carbocycles. The molecule has 4 atom stereocenters. The zero-order valence-electron chi connectivity index (χ0n) is 22.9. The molecule has 4 aliphatic rings. The number of imide groups is 1. The first-order valence-electron chi connectivity index (χ1n) is 13.9. The maximum absolute atomic E-state index is 14.1. The average Bonchev–Trinajstić information content (AvgIpc) is 3.24. The predicted octanol–water partition coefficient (Wildman–Crippen LogP) is 4.58. The van der Waals surface area contributed by atoms with E-state index in [1.54, 1.807) is 31.2 Å². The van der Waals surface area contributed by atoms with E-state index in [1.807, 2.05) is 18.2 Å². The number of nitrogens with zero attached hydrogens (tertiary/aromatic N) is 1. The van der Waals surface area contributed by atoms with Gasteiger partial charge in [-0.25, -0.2) is 9.69 Å². The predicted molar refractivity (Wildman–Crippen MR) is 154 cm³/mol. The maximum Gasteiger partial charge on any atom is 0.339 e. The van der Waals surface area contributed by atoms with E-state index in [9.17, 15) is 39.3 Å². The number of fused-ring (bicyclic) bond motifs is 4. The summed E-state index contributed by atoms with van der Waals surface area (Å²) >= 11 is 0. The van der Waals surface area contributed by atoms with Crippen LogP contribution in [0, 0.1) is 17.8 Å². The van der Waals surface area contributed by atoms with Crippen molar-refractivity contribution in [1.29, 1.82) is 0 Å². The number of ketones is 2. The fourth-order valence-corrected chi connectivity index (χ4v) is 7.37. The highest BCUT2D eigenvalue weighted by molar-refractivity contribution is 6.25. The molecule has 1 saturated heterocycles. The van der Waals surface area contributed by atoms with Crippen LogP contribution in [0.4, 0.5) is 5.69 Å². The number of Topliss-reactive ketones (excluding diaryl/α,β-unsaturated/α-hetero) is 1. The summed E-state index contributed by atoms with van der Waals surface area (Å²) in [5.74, 6) is -6.16. The molecular weight excluding hydrogens is 550 g/mol. The van der Waals surface area contributed by atoms with Crippen LogP contribution in [0.25, 0.3) is 10.8 Å². The Morgan fingerprint density at radius 1 is 0.884 bits per heavy atom. The normalized spacial score (nSPS) is 24.9. The fraction of sp³-hybridized carbons (Fsp3) is 0.206. The highest BCUT2D eigenvalue weighted by atomic mass is 16.4. The van der Waals surface area contributed by atoms with Crippen LogP contribution < -0.4 is 4.90 Å². The number of rotatable bonds is 3. The number of carbonyl (C=O) groups is 5. The average molecular weight is 576 g/mol. The summed E-state index contributed by atoms with van der Waals surface area (Å²) in [6, 6.07) is 14.1. The first-order valence-corrected chi connectivity index (χ1v) is 13.9. The number of hydrogen-bond acceptors (Lipinski definition) is 7. The van der Waals surface area contributed by atoms with Gasteiger partial charge >= 0.3 is 5.97 Å². The van der Waals surface area contributed by atoms with Crippen LogP contribution in [0.15, 0.2) is 89.0 Å². The fourth-order valence-electron chi connectivity index (χ4n) is 7.37. The van der Waals surface area contributed by atoms with Crippen molar-refractivity contribution in [3.05, 3.63) is 100 Å². The topological polar surface area (TPSA) is 149 Å². The lowest BCUT2D eigenvalue weighted by Gasteiger charge is -2.42. The van der Waals surface area contributed by atoms with Gasteiger partial charge in [-0.1, -0.05) is 42.0 Å². The molecule has 0 spiro atoms. The second-order valence-electron chi connectivity index (χ2n) is 11.5. The number of carboxylic acids is 1. The molecule has 9 nitrogen and oxygen atoms in total. The number of aromatic carboxylic acids is 1. The van der Waals surface area contributed by atoms with E-state index in [-0.39, 0.29) is 41.4 Å². The van der Waals surface area contributed by atoms with Crippen molar-refractivity contribution in [1.82, 2.24) is 0 Å². The molecule has 43 heavy (non-hydrogen) atoms. The van der Waals surface area contributed by atoms with Crippen molar-refractivity contribution < 1.29 is 39.3 Å². The van der Waals surface area contributed by atoms with E-state index in [1.165, 1.54) is 12.1 Å².